The molecule has 33 heavy (non-hydrogen) atoms. The second-order valence-electron chi connectivity index (χ2n) is 8.47. The molecule has 178 valence electrons. The highest BCUT2D eigenvalue weighted by Crippen LogP contribution is 2.25. The molecule has 0 bridgehead atoms. The molecule has 3 N–H and O–H groups in total. The number of urea groups is 1. The SMILES string of the molecule is O=C(NCc1cccnc1)Nc1ccc(S(=O)(=O)NC2CCC(N3CCOCC3)CC2)cc1. The van der Waals surface area contributed by atoms with Crippen LogP contribution in [0.1, 0.15) is 31.2 Å². The number of carbonyl (C=O) groups is 1. The molecule has 1 saturated carbocycles. The number of aromatic nitrogens is 1. The number of benzene rings is 1. The van der Waals surface area contributed by atoms with Crippen LogP contribution >= 0.6 is 0 Å². The predicted molar refractivity (Wildman–Crippen MR) is 125 cm³/mol. The van der Waals surface area contributed by atoms with E-state index in [4.69, 9.17) is 4.74 Å². The minimum absolute atomic E-state index is 0.0525. The number of rotatable bonds is 7. The Bertz CT molecular complexity index is 1000. The Hall–Kier alpha value is -2.53. The summed E-state index contributed by atoms with van der Waals surface area (Å²) in [5, 5.41) is 5.45. The lowest BCUT2D eigenvalue weighted by atomic mass is 9.90. The Balaban J connectivity index is 1.25. The van der Waals surface area contributed by atoms with Gasteiger partial charge in [-0.25, -0.2) is 17.9 Å². The minimum atomic E-state index is -3.61. The van der Waals surface area contributed by atoms with Crippen LogP contribution in [0.15, 0.2) is 53.7 Å². The third-order valence-corrected chi connectivity index (χ3v) is 7.72. The molecular weight excluding hydrogens is 442 g/mol. The number of morpholine rings is 1. The second kappa shape index (κ2) is 11.1. The topological polar surface area (TPSA) is 113 Å². The molecule has 2 aromatic rings. The van der Waals surface area contributed by atoms with Crippen molar-refractivity contribution in [2.75, 3.05) is 31.6 Å². The maximum Gasteiger partial charge on any atom is 0.319 e. The van der Waals surface area contributed by atoms with Crippen molar-refractivity contribution in [3.63, 3.8) is 0 Å². The van der Waals surface area contributed by atoms with Gasteiger partial charge in [0.15, 0.2) is 0 Å². The summed E-state index contributed by atoms with van der Waals surface area (Å²) in [4.78, 5) is 18.8. The van der Waals surface area contributed by atoms with Crippen molar-refractivity contribution < 1.29 is 17.9 Å². The van der Waals surface area contributed by atoms with E-state index >= 15 is 0 Å². The van der Waals surface area contributed by atoms with Gasteiger partial charge >= 0.3 is 6.03 Å². The van der Waals surface area contributed by atoms with Crippen molar-refractivity contribution in [3.05, 3.63) is 54.4 Å². The molecule has 0 unspecified atom stereocenters. The lowest BCUT2D eigenvalue weighted by molar-refractivity contribution is 0.00712. The lowest BCUT2D eigenvalue weighted by Crippen LogP contribution is -2.47. The summed E-state index contributed by atoms with van der Waals surface area (Å²) >= 11 is 0. The third kappa shape index (κ3) is 6.73. The zero-order valence-electron chi connectivity index (χ0n) is 18.6. The number of anilines is 1. The maximum absolute atomic E-state index is 12.8. The van der Waals surface area contributed by atoms with Crippen molar-refractivity contribution in [3.8, 4) is 0 Å². The lowest BCUT2D eigenvalue weighted by Gasteiger charge is -2.38. The number of pyridine rings is 1. The zero-order chi connectivity index (χ0) is 23.1. The van der Waals surface area contributed by atoms with Gasteiger partial charge in [-0.05, 0) is 61.6 Å². The van der Waals surface area contributed by atoms with Gasteiger partial charge in [0.05, 0.1) is 18.1 Å². The molecule has 0 radical (unpaired) electrons. The van der Waals surface area contributed by atoms with Crippen LogP contribution in [0, 0.1) is 0 Å². The van der Waals surface area contributed by atoms with Gasteiger partial charge in [-0.2, -0.15) is 0 Å². The van der Waals surface area contributed by atoms with Crippen LogP contribution in [-0.4, -0.2) is 62.7 Å². The van der Waals surface area contributed by atoms with Crippen molar-refractivity contribution in [2.45, 2.75) is 49.2 Å². The van der Waals surface area contributed by atoms with Crippen LogP contribution in [0.4, 0.5) is 10.5 Å². The van der Waals surface area contributed by atoms with Gasteiger partial charge in [-0.1, -0.05) is 6.07 Å². The fraction of sp³-hybridized carbons (Fsp3) is 0.478. The van der Waals surface area contributed by atoms with Crippen molar-refractivity contribution in [2.24, 2.45) is 0 Å². The first kappa shape index (κ1) is 23.6. The second-order valence-corrected chi connectivity index (χ2v) is 10.2. The number of amides is 2. The third-order valence-electron chi connectivity index (χ3n) is 6.18. The molecule has 2 heterocycles. The van der Waals surface area contributed by atoms with Crippen LogP contribution in [-0.2, 0) is 21.3 Å². The number of nitrogens with one attached hydrogen (secondary N) is 3. The van der Waals surface area contributed by atoms with Crippen molar-refractivity contribution in [1.29, 1.82) is 0 Å². The summed E-state index contributed by atoms with van der Waals surface area (Å²) in [6.45, 7) is 3.84. The number of ether oxygens (including phenoxy) is 1. The largest absolute Gasteiger partial charge is 0.379 e. The first-order chi connectivity index (χ1) is 16.0. The van der Waals surface area contributed by atoms with E-state index in [2.05, 4.69) is 25.2 Å². The quantitative estimate of drug-likeness (QED) is 0.569. The first-order valence-corrected chi connectivity index (χ1v) is 12.9. The Morgan fingerprint density at radius 1 is 1.06 bits per heavy atom. The van der Waals surface area contributed by atoms with Gasteiger partial charge in [-0.3, -0.25) is 9.88 Å². The highest BCUT2D eigenvalue weighted by Gasteiger charge is 2.29. The number of hydrogen-bond donors (Lipinski definition) is 3. The monoisotopic (exact) mass is 473 g/mol. The Morgan fingerprint density at radius 2 is 1.79 bits per heavy atom. The molecule has 1 saturated heterocycles. The molecule has 1 aromatic carbocycles. The van der Waals surface area contributed by atoms with E-state index in [-0.39, 0.29) is 17.0 Å². The molecule has 2 aliphatic rings. The van der Waals surface area contributed by atoms with Crippen molar-refractivity contribution >= 4 is 21.7 Å². The highest BCUT2D eigenvalue weighted by molar-refractivity contribution is 7.89. The summed E-state index contributed by atoms with van der Waals surface area (Å²) < 4.78 is 33.9. The van der Waals surface area contributed by atoms with E-state index in [1.165, 1.54) is 12.1 Å². The van der Waals surface area contributed by atoms with Crippen LogP contribution in [0.5, 0.6) is 0 Å². The van der Waals surface area contributed by atoms with E-state index < -0.39 is 10.0 Å². The Kier molecular flexibility index (Phi) is 7.92. The van der Waals surface area contributed by atoms with Crippen LogP contribution in [0.2, 0.25) is 0 Å². The molecule has 1 aromatic heterocycles. The predicted octanol–water partition coefficient (Wildman–Crippen LogP) is 2.33. The van der Waals surface area contributed by atoms with Crippen LogP contribution in [0.3, 0.4) is 0 Å². The molecule has 4 rings (SSSR count). The summed E-state index contributed by atoms with van der Waals surface area (Å²) in [6, 6.07) is 9.97. The molecule has 0 atom stereocenters. The van der Waals surface area contributed by atoms with E-state index in [1.54, 1.807) is 30.6 Å². The molecule has 0 spiro atoms. The van der Waals surface area contributed by atoms with Crippen LogP contribution < -0.4 is 15.4 Å². The van der Waals surface area contributed by atoms with E-state index in [0.29, 0.717) is 18.3 Å². The summed E-state index contributed by atoms with van der Waals surface area (Å²) in [7, 11) is -3.61. The number of carbonyl (C=O) groups excluding carboxylic acids is 1. The van der Waals surface area contributed by atoms with E-state index in [9.17, 15) is 13.2 Å². The Morgan fingerprint density at radius 3 is 2.45 bits per heavy atom. The molecule has 1 aliphatic heterocycles. The Labute approximate surface area is 195 Å². The number of hydrogen-bond acceptors (Lipinski definition) is 6. The van der Waals surface area contributed by atoms with Gasteiger partial charge in [0, 0.05) is 49.8 Å². The smallest absolute Gasteiger partial charge is 0.319 e. The van der Waals surface area contributed by atoms with Gasteiger partial charge in [0.1, 0.15) is 0 Å². The van der Waals surface area contributed by atoms with E-state index in [1.807, 2.05) is 6.07 Å². The van der Waals surface area contributed by atoms with Crippen LogP contribution in [0.25, 0.3) is 0 Å². The zero-order valence-corrected chi connectivity index (χ0v) is 19.4. The fourth-order valence-electron chi connectivity index (χ4n) is 4.37. The van der Waals surface area contributed by atoms with Gasteiger partial charge in [0.2, 0.25) is 10.0 Å². The molecule has 2 amide bonds. The molecular formula is C23H31N5O4S. The van der Waals surface area contributed by atoms with Gasteiger partial charge < -0.3 is 15.4 Å². The highest BCUT2D eigenvalue weighted by atomic mass is 32.2. The number of nitrogens with zero attached hydrogens (tertiary/aromatic N) is 2. The van der Waals surface area contributed by atoms with Gasteiger partial charge in [-0.15, -0.1) is 0 Å². The summed E-state index contributed by atoms with van der Waals surface area (Å²) in [5.74, 6) is 0. The normalized spacial score (nSPS) is 21.9. The summed E-state index contributed by atoms with van der Waals surface area (Å²) in [6.07, 6.45) is 7.00. The average Bonchev–Trinajstić information content (AvgIpc) is 2.84. The standard InChI is InChI=1S/C23H31N5O4S/c29-23(25-17-18-2-1-11-24-16-18)26-19-5-9-22(10-6-19)33(30,31)27-20-3-7-21(8-4-20)28-12-14-32-15-13-28/h1-2,5-6,9-11,16,20-21,27H,3-4,7-8,12-15,17H2,(H2,25,26,29). The van der Waals surface area contributed by atoms with Gasteiger partial charge in [0.25, 0.3) is 0 Å². The van der Waals surface area contributed by atoms with E-state index in [0.717, 1.165) is 57.6 Å². The average molecular weight is 474 g/mol. The molecule has 1 aliphatic carbocycles. The molecule has 10 heteroatoms. The fourth-order valence-corrected chi connectivity index (χ4v) is 5.67. The maximum atomic E-state index is 12.8. The van der Waals surface area contributed by atoms with Crippen molar-refractivity contribution in [1.82, 2.24) is 19.9 Å². The molecule has 2 fully saturated rings. The molecule has 9 nitrogen and oxygen atoms in total. The summed E-state index contributed by atoms with van der Waals surface area (Å²) in [5.41, 5.74) is 1.41. The minimum Gasteiger partial charge on any atom is -0.379 e. The first-order valence-electron chi connectivity index (χ1n) is 11.4. The number of sulfonamides is 1.